The number of hydrogen-bond acceptors (Lipinski definition) is 4. The number of benzene rings is 1. The van der Waals surface area contributed by atoms with Crippen molar-refractivity contribution >= 4 is 17.9 Å². The Bertz CT molecular complexity index is 786. The first-order valence-electron chi connectivity index (χ1n) is 11.5. The molecule has 180 valence electrons. The Morgan fingerprint density at radius 2 is 1.72 bits per heavy atom. The maximum atomic E-state index is 13.4. The maximum Gasteiger partial charge on any atom is 0.408 e. The first kappa shape index (κ1) is 27.5. The van der Waals surface area contributed by atoms with E-state index in [1.54, 1.807) is 25.7 Å². The number of alkyl carbamates (subject to hydrolysis) is 1. The topological polar surface area (TPSA) is 87.7 Å². The lowest BCUT2D eigenvalue weighted by molar-refractivity contribution is -0.140. The molecule has 0 spiro atoms. The number of rotatable bonds is 10. The molecule has 2 atom stereocenters. The fraction of sp³-hybridized carbons (Fsp3) is 0.640. The van der Waals surface area contributed by atoms with Crippen LogP contribution in [0.1, 0.15) is 83.5 Å². The lowest BCUT2D eigenvalue weighted by Crippen LogP contribution is -2.49. The molecule has 7 nitrogen and oxygen atoms in total. The van der Waals surface area contributed by atoms with Gasteiger partial charge in [0.1, 0.15) is 18.2 Å². The van der Waals surface area contributed by atoms with Crippen LogP contribution in [-0.2, 0) is 14.3 Å². The summed E-state index contributed by atoms with van der Waals surface area (Å²) in [6.07, 6.45) is 1.82. The molecule has 0 saturated heterocycles. The summed E-state index contributed by atoms with van der Waals surface area (Å²) in [5, 5.41) is 5.58. The predicted molar refractivity (Wildman–Crippen MR) is 127 cm³/mol. The first-order chi connectivity index (χ1) is 14.9. The van der Waals surface area contributed by atoms with Crippen LogP contribution in [0.5, 0.6) is 0 Å². The van der Waals surface area contributed by atoms with Crippen molar-refractivity contribution in [2.24, 2.45) is 0 Å². The van der Waals surface area contributed by atoms with Crippen LogP contribution in [0.4, 0.5) is 4.79 Å². The van der Waals surface area contributed by atoms with Crippen molar-refractivity contribution in [3.05, 3.63) is 34.9 Å². The average Bonchev–Trinajstić information content (AvgIpc) is 2.67. The third kappa shape index (κ3) is 8.89. The molecule has 3 amide bonds. The van der Waals surface area contributed by atoms with Crippen molar-refractivity contribution < 1.29 is 19.1 Å². The Balaban J connectivity index is 3.19. The molecule has 1 aromatic rings. The van der Waals surface area contributed by atoms with Gasteiger partial charge in [-0.1, -0.05) is 38.5 Å². The molecule has 7 heteroatoms. The first-order valence-corrected chi connectivity index (χ1v) is 11.5. The number of ether oxygens (including phenoxy) is 1. The van der Waals surface area contributed by atoms with Crippen LogP contribution < -0.4 is 10.6 Å². The molecule has 32 heavy (non-hydrogen) atoms. The fourth-order valence-corrected chi connectivity index (χ4v) is 3.44. The Morgan fingerprint density at radius 1 is 1.06 bits per heavy atom. The molecule has 1 aromatic carbocycles. The monoisotopic (exact) mass is 447 g/mol. The standard InChI is InChI=1S/C25H41N3O4/c1-9-11-19(5)27-23(30)22(20-13-12-17(3)18(4)15-20)28(14-10-2)21(29)16-26-24(31)32-25(6,7)8/h12-13,15,19,22H,9-11,14,16H2,1-8H3,(H,26,31)(H,27,30). The lowest BCUT2D eigenvalue weighted by Gasteiger charge is -2.32. The van der Waals surface area contributed by atoms with Crippen LogP contribution in [0.2, 0.25) is 0 Å². The summed E-state index contributed by atoms with van der Waals surface area (Å²) in [4.78, 5) is 40.1. The van der Waals surface area contributed by atoms with E-state index in [4.69, 9.17) is 4.74 Å². The van der Waals surface area contributed by atoms with Gasteiger partial charge < -0.3 is 20.3 Å². The van der Waals surface area contributed by atoms with Crippen molar-refractivity contribution in [1.82, 2.24) is 15.5 Å². The molecule has 0 aliphatic heterocycles. The van der Waals surface area contributed by atoms with Gasteiger partial charge in [0.05, 0.1) is 0 Å². The second-order valence-electron chi connectivity index (χ2n) is 9.39. The molecule has 0 aliphatic carbocycles. The molecule has 0 fully saturated rings. The predicted octanol–water partition coefficient (Wildman–Crippen LogP) is 4.41. The van der Waals surface area contributed by atoms with Gasteiger partial charge in [0.25, 0.3) is 0 Å². The molecular weight excluding hydrogens is 406 g/mol. The largest absolute Gasteiger partial charge is 0.444 e. The highest BCUT2D eigenvalue weighted by Crippen LogP contribution is 2.25. The number of nitrogens with zero attached hydrogens (tertiary/aromatic N) is 1. The summed E-state index contributed by atoms with van der Waals surface area (Å²) in [6.45, 7) is 15.4. The molecular formula is C25H41N3O4. The highest BCUT2D eigenvalue weighted by molar-refractivity contribution is 5.90. The second kappa shape index (κ2) is 12.5. The van der Waals surface area contributed by atoms with Gasteiger partial charge in [0.2, 0.25) is 11.8 Å². The zero-order chi connectivity index (χ0) is 24.5. The van der Waals surface area contributed by atoms with Crippen molar-refractivity contribution in [1.29, 1.82) is 0 Å². The van der Waals surface area contributed by atoms with E-state index in [1.807, 2.05) is 45.9 Å². The third-order valence-corrected chi connectivity index (χ3v) is 5.08. The van der Waals surface area contributed by atoms with Gasteiger partial charge in [-0.05, 0) is 71.1 Å². The van der Waals surface area contributed by atoms with Gasteiger partial charge in [-0.15, -0.1) is 0 Å². The molecule has 2 N–H and O–H groups in total. The van der Waals surface area contributed by atoms with Crippen LogP contribution in [0.25, 0.3) is 0 Å². The molecule has 1 rings (SSSR count). The van der Waals surface area contributed by atoms with Crippen molar-refractivity contribution in [3.63, 3.8) is 0 Å². The Labute approximate surface area is 193 Å². The van der Waals surface area contributed by atoms with Crippen LogP contribution in [0.15, 0.2) is 18.2 Å². The number of carbonyl (C=O) groups is 3. The molecule has 0 bridgehead atoms. The summed E-state index contributed by atoms with van der Waals surface area (Å²) in [5.74, 6) is -0.549. The average molecular weight is 448 g/mol. The molecule has 0 radical (unpaired) electrons. The third-order valence-electron chi connectivity index (χ3n) is 5.08. The normalized spacial score (nSPS) is 13.1. The van der Waals surface area contributed by atoms with E-state index in [0.717, 1.165) is 29.5 Å². The van der Waals surface area contributed by atoms with Crippen LogP contribution >= 0.6 is 0 Å². The van der Waals surface area contributed by atoms with Crippen molar-refractivity contribution in [2.75, 3.05) is 13.1 Å². The van der Waals surface area contributed by atoms with E-state index in [-0.39, 0.29) is 24.4 Å². The van der Waals surface area contributed by atoms with E-state index < -0.39 is 17.7 Å². The van der Waals surface area contributed by atoms with E-state index >= 15 is 0 Å². The smallest absolute Gasteiger partial charge is 0.408 e. The van der Waals surface area contributed by atoms with E-state index in [9.17, 15) is 14.4 Å². The van der Waals surface area contributed by atoms with E-state index in [0.29, 0.717) is 13.0 Å². The quantitative estimate of drug-likeness (QED) is 0.556. The molecule has 2 unspecified atom stereocenters. The fourth-order valence-electron chi connectivity index (χ4n) is 3.44. The number of amides is 3. The SMILES string of the molecule is CCCC(C)NC(=O)C(c1ccc(C)c(C)c1)N(CCC)C(=O)CNC(=O)OC(C)(C)C. The zero-order valence-electron chi connectivity index (χ0n) is 21.0. The highest BCUT2D eigenvalue weighted by Gasteiger charge is 2.32. The van der Waals surface area contributed by atoms with Crippen molar-refractivity contribution in [2.45, 2.75) is 92.3 Å². The molecule has 0 saturated carbocycles. The molecule has 0 heterocycles. The minimum Gasteiger partial charge on any atom is -0.444 e. The van der Waals surface area contributed by atoms with Crippen LogP contribution in [0, 0.1) is 13.8 Å². The summed E-state index contributed by atoms with van der Waals surface area (Å²) in [7, 11) is 0. The number of hydrogen-bond donors (Lipinski definition) is 2. The maximum absolute atomic E-state index is 13.4. The lowest BCUT2D eigenvalue weighted by atomic mass is 9.98. The van der Waals surface area contributed by atoms with E-state index in [1.165, 1.54) is 0 Å². The number of aryl methyl sites for hydroxylation is 2. The van der Waals surface area contributed by atoms with Gasteiger partial charge in [-0.3, -0.25) is 9.59 Å². The minimum atomic E-state index is -0.776. The van der Waals surface area contributed by atoms with Crippen LogP contribution in [-0.4, -0.2) is 47.5 Å². The van der Waals surface area contributed by atoms with Gasteiger partial charge in [0, 0.05) is 12.6 Å². The Morgan fingerprint density at radius 3 is 2.25 bits per heavy atom. The number of carbonyl (C=O) groups excluding carboxylic acids is 3. The summed E-state index contributed by atoms with van der Waals surface area (Å²) >= 11 is 0. The Kier molecular flexibility index (Phi) is 10.7. The molecule has 0 aromatic heterocycles. The van der Waals surface area contributed by atoms with Crippen LogP contribution in [0.3, 0.4) is 0 Å². The van der Waals surface area contributed by atoms with Gasteiger partial charge >= 0.3 is 6.09 Å². The van der Waals surface area contributed by atoms with Gasteiger partial charge in [0.15, 0.2) is 0 Å². The Hall–Kier alpha value is -2.57. The summed E-state index contributed by atoms with van der Waals surface area (Å²) < 4.78 is 5.23. The highest BCUT2D eigenvalue weighted by atomic mass is 16.6. The summed E-state index contributed by atoms with van der Waals surface area (Å²) in [5.41, 5.74) is 2.27. The van der Waals surface area contributed by atoms with E-state index in [2.05, 4.69) is 17.6 Å². The molecule has 0 aliphatic rings. The van der Waals surface area contributed by atoms with Gasteiger partial charge in [-0.25, -0.2) is 4.79 Å². The number of nitrogens with one attached hydrogen (secondary N) is 2. The summed E-state index contributed by atoms with van der Waals surface area (Å²) in [6, 6.07) is 5.05. The van der Waals surface area contributed by atoms with Gasteiger partial charge in [-0.2, -0.15) is 0 Å². The van der Waals surface area contributed by atoms with Crippen molar-refractivity contribution in [3.8, 4) is 0 Å². The zero-order valence-corrected chi connectivity index (χ0v) is 21.0. The minimum absolute atomic E-state index is 0.0000113. The second-order valence-corrected chi connectivity index (χ2v) is 9.39.